The Balaban J connectivity index is 3.23. The van der Waals surface area contributed by atoms with E-state index in [4.69, 9.17) is 0 Å². The van der Waals surface area contributed by atoms with Crippen LogP contribution in [0.1, 0.15) is 65.4 Å². The summed E-state index contributed by atoms with van der Waals surface area (Å²) in [4.78, 5) is 12.0. The smallest absolute Gasteiger partial charge is 0.309 e. The lowest BCUT2D eigenvalue weighted by Gasteiger charge is -2.46. The monoisotopic (exact) mass is 320 g/mol. The molecule has 23 heavy (non-hydrogen) atoms. The molecule has 130 valence electrons. The van der Waals surface area contributed by atoms with Crippen LogP contribution in [0.2, 0.25) is 0 Å². The molecule has 1 aromatic carbocycles. The number of unbranched alkanes of at least 4 members (excludes halogenated alkanes) is 2. The van der Waals surface area contributed by atoms with E-state index < -0.39 is 22.9 Å². The van der Waals surface area contributed by atoms with Crippen molar-refractivity contribution in [2.75, 3.05) is 0 Å². The molecule has 0 amide bonds. The van der Waals surface area contributed by atoms with E-state index in [1.165, 1.54) is 0 Å². The number of aliphatic hydroxyl groups is 1. The van der Waals surface area contributed by atoms with Gasteiger partial charge in [-0.15, -0.1) is 0 Å². The van der Waals surface area contributed by atoms with Gasteiger partial charge >= 0.3 is 5.97 Å². The predicted molar refractivity (Wildman–Crippen MR) is 94.4 cm³/mol. The number of aliphatic hydroxyl groups excluding tert-OH is 1. The molecule has 3 nitrogen and oxygen atoms in total. The molecule has 0 spiro atoms. The Kier molecular flexibility index (Phi) is 7.27. The summed E-state index contributed by atoms with van der Waals surface area (Å²) < 4.78 is 0. The van der Waals surface area contributed by atoms with Gasteiger partial charge in [-0.2, -0.15) is 0 Å². The first kappa shape index (κ1) is 19.7. The minimum Gasteiger partial charge on any atom is -0.481 e. The van der Waals surface area contributed by atoms with Gasteiger partial charge in [0.15, 0.2) is 0 Å². The lowest BCUT2D eigenvalue weighted by atomic mass is 9.57. The van der Waals surface area contributed by atoms with Crippen LogP contribution in [0.3, 0.4) is 0 Å². The van der Waals surface area contributed by atoms with E-state index in [9.17, 15) is 15.0 Å². The second-order valence-electron chi connectivity index (χ2n) is 7.38. The van der Waals surface area contributed by atoms with Crippen LogP contribution in [-0.2, 0) is 11.2 Å². The van der Waals surface area contributed by atoms with Crippen molar-refractivity contribution in [1.82, 2.24) is 0 Å². The molecule has 0 aliphatic heterocycles. The lowest BCUT2D eigenvalue weighted by Crippen LogP contribution is -2.47. The number of hydrogen-bond donors (Lipinski definition) is 2. The number of rotatable bonds is 10. The maximum absolute atomic E-state index is 12.0. The van der Waals surface area contributed by atoms with Crippen molar-refractivity contribution >= 4 is 5.97 Å². The summed E-state index contributed by atoms with van der Waals surface area (Å²) in [6.07, 6.45) is 4.67. The standard InChI is InChI=1S/C20H32O3/c1-5-6-10-13-20(14-16(2)21,19(3,4)18(22)23)15-17-11-8-7-9-12-17/h7-9,11-12,16,21H,5-6,10,13-15H2,1-4H3,(H,22,23). The van der Waals surface area contributed by atoms with Crippen LogP contribution in [-0.4, -0.2) is 22.3 Å². The van der Waals surface area contributed by atoms with Crippen molar-refractivity contribution in [2.45, 2.75) is 72.3 Å². The molecule has 3 heteroatoms. The molecule has 0 fully saturated rings. The van der Waals surface area contributed by atoms with Gasteiger partial charge in [0.25, 0.3) is 0 Å². The second kappa shape index (κ2) is 8.49. The van der Waals surface area contributed by atoms with Gasteiger partial charge in [0.05, 0.1) is 11.5 Å². The summed E-state index contributed by atoms with van der Waals surface area (Å²) in [5.41, 5.74) is -0.212. The second-order valence-corrected chi connectivity index (χ2v) is 7.38. The summed E-state index contributed by atoms with van der Waals surface area (Å²) in [6.45, 7) is 7.53. The van der Waals surface area contributed by atoms with E-state index in [1.807, 2.05) is 32.0 Å². The van der Waals surface area contributed by atoms with Gasteiger partial charge in [-0.3, -0.25) is 4.79 Å². The van der Waals surface area contributed by atoms with E-state index >= 15 is 0 Å². The van der Waals surface area contributed by atoms with Crippen molar-refractivity contribution < 1.29 is 15.0 Å². The Hall–Kier alpha value is -1.35. The topological polar surface area (TPSA) is 57.5 Å². The van der Waals surface area contributed by atoms with Gasteiger partial charge in [-0.1, -0.05) is 56.5 Å². The van der Waals surface area contributed by atoms with Crippen molar-refractivity contribution in [3.05, 3.63) is 35.9 Å². The van der Waals surface area contributed by atoms with Gasteiger partial charge in [0.2, 0.25) is 0 Å². The molecule has 0 bridgehead atoms. The van der Waals surface area contributed by atoms with Crippen LogP contribution in [0.4, 0.5) is 0 Å². The minimum atomic E-state index is -0.895. The molecular weight excluding hydrogens is 288 g/mol. The van der Waals surface area contributed by atoms with Crippen LogP contribution in [0, 0.1) is 10.8 Å². The number of benzene rings is 1. The minimum absolute atomic E-state index is 0.455. The molecule has 0 radical (unpaired) electrons. The van der Waals surface area contributed by atoms with Crippen LogP contribution in [0.5, 0.6) is 0 Å². The average molecular weight is 320 g/mol. The molecule has 2 unspecified atom stereocenters. The number of carboxylic acids is 1. The van der Waals surface area contributed by atoms with E-state index in [1.54, 1.807) is 6.92 Å². The largest absolute Gasteiger partial charge is 0.481 e. The first-order chi connectivity index (χ1) is 10.7. The highest BCUT2D eigenvalue weighted by Gasteiger charge is 2.49. The van der Waals surface area contributed by atoms with E-state index in [0.29, 0.717) is 12.8 Å². The first-order valence-electron chi connectivity index (χ1n) is 8.70. The zero-order chi connectivity index (χ0) is 17.5. The normalized spacial score (nSPS) is 15.9. The van der Waals surface area contributed by atoms with Crippen molar-refractivity contribution in [1.29, 1.82) is 0 Å². The van der Waals surface area contributed by atoms with Crippen molar-refractivity contribution in [3.8, 4) is 0 Å². The molecule has 2 N–H and O–H groups in total. The summed E-state index contributed by atoms with van der Waals surface area (Å²) in [7, 11) is 0. The van der Waals surface area contributed by atoms with Gasteiger partial charge in [0.1, 0.15) is 0 Å². The first-order valence-corrected chi connectivity index (χ1v) is 8.70. The summed E-state index contributed by atoms with van der Waals surface area (Å²) in [6, 6.07) is 10.0. The highest BCUT2D eigenvalue weighted by Crippen LogP contribution is 2.49. The highest BCUT2D eigenvalue weighted by molar-refractivity contribution is 5.75. The van der Waals surface area contributed by atoms with Crippen LogP contribution in [0.25, 0.3) is 0 Å². The molecule has 0 saturated heterocycles. The van der Waals surface area contributed by atoms with Gasteiger partial charge in [-0.05, 0) is 51.0 Å². The number of carbonyl (C=O) groups is 1. The summed E-state index contributed by atoms with van der Waals surface area (Å²) in [5, 5.41) is 19.9. The van der Waals surface area contributed by atoms with Crippen molar-refractivity contribution in [3.63, 3.8) is 0 Å². The summed E-state index contributed by atoms with van der Waals surface area (Å²) >= 11 is 0. The maximum atomic E-state index is 12.0. The predicted octanol–water partition coefficient (Wildman–Crippen LogP) is 4.68. The highest BCUT2D eigenvalue weighted by atomic mass is 16.4. The van der Waals surface area contributed by atoms with E-state index in [0.717, 1.165) is 31.2 Å². The van der Waals surface area contributed by atoms with E-state index in [-0.39, 0.29) is 0 Å². The number of hydrogen-bond acceptors (Lipinski definition) is 2. The Labute approximate surface area is 140 Å². The van der Waals surface area contributed by atoms with Crippen LogP contribution < -0.4 is 0 Å². The van der Waals surface area contributed by atoms with E-state index in [2.05, 4.69) is 19.1 Å². The third-order valence-corrected chi connectivity index (χ3v) is 5.19. The molecule has 0 aliphatic carbocycles. The Morgan fingerprint density at radius 2 is 1.78 bits per heavy atom. The average Bonchev–Trinajstić information content (AvgIpc) is 2.47. The third-order valence-electron chi connectivity index (χ3n) is 5.19. The third kappa shape index (κ3) is 5.07. The van der Waals surface area contributed by atoms with Crippen LogP contribution in [0.15, 0.2) is 30.3 Å². The fraction of sp³-hybridized carbons (Fsp3) is 0.650. The van der Waals surface area contributed by atoms with Crippen LogP contribution >= 0.6 is 0 Å². The molecule has 0 saturated carbocycles. The molecule has 2 atom stereocenters. The molecular formula is C20H32O3. The zero-order valence-electron chi connectivity index (χ0n) is 15.0. The Morgan fingerprint density at radius 3 is 2.26 bits per heavy atom. The Bertz CT molecular complexity index is 479. The molecule has 0 aromatic heterocycles. The molecule has 1 aromatic rings. The maximum Gasteiger partial charge on any atom is 0.309 e. The fourth-order valence-corrected chi connectivity index (χ4v) is 3.54. The molecule has 0 heterocycles. The van der Waals surface area contributed by atoms with Gasteiger partial charge in [0, 0.05) is 0 Å². The fourth-order valence-electron chi connectivity index (χ4n) is 3.54. The lowest BCUT2D eigenvalue weighted by molar-refractivity contribution is -0.157. The quantitative estimate of drug-likeness (QED) is 0.616. The van der Waals surface area contributed by atoms with Crippen molar-refractivity contribution in [2.24, 2.45) is 10.8 Å². The molecule has 0 aliphatic rings. The molecule has 1 rings (SSSR count). The number of aliphatic carboxylic acids is 1. The zero-order valence-corrected chi connectivity index (χ0v) is 15.0. The van der Waals surface area contributed by atoms with Gasteiger partial charge < -0.3 is 10.2 Å². The number of carboxylic acid groups (broad SMARTS) is 1. The SMILES string of the molecule is CCCCCC(Cc1ccccc1)(CC(C)O)C(C)(C)C(=O)O. The Morgan fingerprint density at radius 1 is 1.17 bits per heavy atom. The van der Waals surface area contributed by atoms with Gasteiger partial charge in [-0.25, -0.2) is 0 Å². The summed E-state index contributed by atoms with van der Waals surface area (Å²) in [5.74, 6) is -0.787.